The molecule has 11 rings (SSSR count). The maximum absolute atomic E-state index is 16.6. The molecule has 100 heavy (non-hydrogen) atoms. The molecule has 5 nitrogen and oxygen atoms in total. The maximum atomic E-state index is 16.6. The van der Waals surface area contributed by atoms with Gasteiger partial charge in [0.1, 0.15) is 16.7 Å². The highest BCUT2D eigenvalue weighted by Crippen LogP contribution is 2.54. The first-order valence-corrected chi connectivity index (χ1v) is 43.4. The second kappa shape index (κ2) is 34.8. The zero-order valence-corrected chi connectivity index (χ0v) is 66.6. The van der Waals surface area contributed by atoms with Crippen LogP contribution in [0.1, 0.15) is 288 Å². The minimum atomic E-state index is -1.73. The molecule has 0 spiro atoms. The fourth-order valence-corrected chi connectivity index (χ4v) is 23.2. The quantitative estimate of drug-likeness (QED) is 0.0219. The first-order chi connectivity index (χ1) is 48.5. The molecule has 0 aliphatic carbocycles. The van der Waals surface area contributed by atoms with E-state index in [1.165, 1.54) is 162 Å². The Morgan fingerprint density at radius 1 is 0.390 bits per heavy atom. The van der Waals surface area contributed by atoms with E-state index in [1.54, 1.807) is 18.3 Å². The summed E-state index contributed by atoms with van der Waals surface area (Å²) in [6, 6.07) is 14.3. The molecule has 15 heteroatoms. The van der Waals surface area contributed by atoms with E-state index >= 15 is 22.4 Å². The van der Waals surface area contributed by atoms with Gasteiger partial charge in [0, 0.05) is 59.9 Å². The molecule has 0 N–H and O–H groups in total. The number of nitrogens with zero attached hydrogens (tertiary/aromatic N) is 3. The number of hydrogen-bond donors (Lipinski definition) is 0. The van der Waals surface area contributed by atoms with Gasteiger partial charge < -0.3 is 0 Å². The smallest absolute Gasteiger partial charge is 0.267 e. The largest absolute Gasteiger partial charge is 0.268 e. The molecule has 2 amide bonds. The zero-order chi connectivity index (χ0) is 71.1. The summed E-state index contributed by atoms with van der Waals surface area (Å²) < 4.78 is 81.3. The summed E-state index contributed by atoms with van der Waals surface area (Å²) >= 11 is 10.1. The second-order valence-electron chi connectivity index (χ2n) is 29.2. The summed E-state index contributed by atoms with van der Waals surface area (Å²) in [5.41, 5.74) is 7.73. The van der Waals surface area contributed by atoms with E-state index in [9.17, 15) is 4.79 Å². The number of carbonyl (C=O) groups excluding carboxylic acids is 2. The number of anilines is 1. The highest BCUT2D eigenvalue weighted by molar-refractivity contribution is 7.27. The number of imide groups is 1. The Morgan fingerprint density at radius 3 is 1.09 bits per heavy atom. The predicted octanol–water partition coefficient (Wildman–Crippen LogP) is 29.3. The van der Waals surface area contributed by atoms with Crippen LogP contribution < -0.4 is 4.90 Å². The van der Waals surface area contributed by atoms with Gasteiger partial charge in [-0.2, -0.15) is 8.75 Å². The van der Waals surface area contributed by atoms with E-state index in [0.717, 1.165) is 145 Å². The molecule has 10 aromatic rings. The summed E-state index contributed by atoms with van der Waals surface area (Å²) in [5.74, 6) is -5.94. The molecule has 0 saturated heterocycles. The molecule has 4 aromatic carbocycles. The average Bonchev–Trinajstić information content (AvgIpc) is 1.55. The lowest BCUT2D eigenvalue weighted by Gasteiger charge is -2.20. The van der Waals surface area contributed by atoms with Crippen molar-refractivity contribution < 1.29 is 27.2 Å². The number of carbonyl (C=O) groups is 2. The van der Waals surface area contributed by atoms with Gasteiger partial charge >= 0.3 is 0 Å². The standard InChI is InChI=1S/C85H107F4N3O2S6/c1-13-23-28-51(18-6)33-38-56-63-45-49(11)95-79(63)57(39-34-52(19-7)29-24-14-2)64-46-67(97-80(56)64)60-43-44-61(77-76(60)90-100-91-77)68-47-65-58(40-35-53(20-8)30-25-15-3)82-66(59(81(65)98-68)41-36-54(21-9)31-26-16-4)48-69(99-82)83-71-70(50(12)96-83)84(93)92(85(71)94)78-74(88)72(86)62(73(87)75(78)89)42-37-55(22-10)32-27-17-5/h43-48,51-55H,13-42H2,1-12H3. The highest BCUT2D eigenvalue weighted by atomic mass is 32.1. The normalized spacial score (nSPS) is 14.4. The Labute approximate surface area is 617 Å². The number of amides is 2. The maximum Gasteiger partial charge on any atom is 0.267 e. The summed E-state index contributed by atoms with van der Waals surface area (Å²) in [5, 5.41) is 5.26. The molecule has 6 aromatic heterocycles. The van der Waals surface area contributed by atoms with Gasteiger partial charge in [-0.15, -0.1) is 56.7 Å². The zero-order valence-electron chi connectivity index (χ0n) is 61.7. The molecular weight excluding hydrogens is 1360 g/mol. The van der Waals surface area contributed by atoms with E-state index < -0.39 is 46.3 Å². The number of benzene rings is 4. The molecule has 0 fully saturated rings. The van der Waals surface area contributed by atoms with Crippen LogP contribution in [-0.2, 0) is 32.1 Å². The molecule has 0 bridgehead atoms. The van der Waals surface area contributed by atoms with E-state index in [4.69, 9.17) is 8.75 Å². The Hall–Kier alpha value is -4.90. The topological polar surface area (TPSA) is 63.2 Å². The van der Waals surface area contributed by atoms with Crippen LogP contribution in [-0.4, -0.2) is 20.6 Å². The van der Waals surface area contributed by atoms with E-state index in [1.807, 2.05) is 40.9 Å². The van der Waals surface area contributed by atoms with Crippen molar-refractivity contribution in [1.82, 2.24) is 8.75 Å². The van der Waals surface area contributed by atoms with Gasteiger partial charge in [-0.3, -0.25) is 9.59 Å². The lowest BCUT2D eigenvalue weighted by Crippen LogP contribution is -2.32. The van der Waals surface area contributed by atoms with Crippen molar-refractivity contribution in [3.63, 3.8) is 0 Å². The Bertz CT molecular complexity index is 4320. The summed E-state index contributed by atoms with van der Waals surface area (Å²) in [6.07, 6.45) is 31.0. The third-order valence-corrected chi connectivity index (χ3v) is 29.4. The van der Waals surface area contributed by atoms with Gasteiger partial charge in [0.25, 0.3) is 11.8 Å². The van der Waals surface area contributed by atoms with Crippen LogP contribution in [0.4, 0.5) is 23.2 Å². The van der Waals surface area contributed by atoms with Crippen molar-refractivity contribution in [2.75, 3.05) is 4.90 Å². The van der Waals surface area contributed by atoms with E-state index in [0.29, 0.717) is 44.7 Å². The van der Waals surface area contributed by atoms with Gasteiger partial charge in [-0.05, 0) is 176 Å². The van der Waals surface area contributed by atoms with E-state index in [2.05, 4.69) is 106 Å². The van der Waals surface area contributed by atoms with Crippen molar-refractivity contribution in [3.8, 4) is 30.6 Å². The lowest BCUT2D eigenvalue weighted by molar-refractivity contribution is 0.0922. The number of aryl methyl sites for hydroxylation is 6. The van der Waals surface area contributed by atoms with Gasteiger partial charge in [0.15, 0.2) is 23.3 Å². The first kappa shape index (κ1) is 76.2. The van der Waals surface area contributed by atoms with Gasteiger partial charge in [-0.1, -0.05) is 210 Å². The fourth-order valence-electron chi connectivity index (χ4n) is 16.4. The highest BCUT2D eigenvalue weighted by Gasteiger charge is 2.46. The van der Waals surface area contributed by atoms with Crippen molar-refractivity contribution in [2.45, 2.75) is 276 Å². The third-order valence-electron chi connectivity index (χ3n) is 22.8. The number of halogens is 4. The summed E-state index contributed by atoms with van der Waals surface area (Å²) in [4.78, 5) is 35.6. The number of aromatic nitrogens is 2. The average molecular weight is 1470 g/mol. The van der Waals surface area contributed by atoms with Crippen molar-refractivity contribution >= 4 is 137 Å². The fraction of sp³-hybridized carbons (Fsp3) is 0.553. The van der Waals surface area contributed by atoms with Crippen molar-refractivity contribution in [1.29, 1.82) is 0 Å². The van der Waals surface area contributed by atoms with Crippen LogP contribution >= 0.6 is 68.4 Å². The molecule has 1 aliphatic rings. The first-order valence-electron chi connectivity index (χ1n) is 38.6. The number of thiophene rings is 5. The molecule has 0 saturated carbocycles. The van der Waals surface area contributed by atoms with Gasteiger partial charge in [0.05, 0.1) is 27.7 Å². The minimum absolute atomic E-state index is 0.0181. The number of rotatable bonds is 39. The Morgan fingerprint density at radius 2 is 0.720 bits per heavy atom. The molecular formula is C85H107F4N3O2S6. The second-order valence-corrected chi connectivity index (χ2v) is 35.4. The molecule has 5 atom stereocenters. The van der Waals surface area contributed by atoms with E-state index in [-0.39, 0.29) is 23.5 Å². The predicted molar refractivity (Wildman–Crippen MR) is 428 cm³/mol. The summed E-state index contributed by atoms with van der Waals surface area (Å²) in [7, 11) is 0. The van der Waals surface area contributed by atoms with Crippen LogP contribution in [0.5, 0.6) is 0 Å². The lowest BCUT2D eigenvalue weighted by atomic mass is 9.88. The Balaban J connectivity index is 1.04. The van der Waals surface area contributed by atoms with Crippen molar-refractivity contribution in [3.05, 3.63) is 108 Å². The van der Waals surface area contributed by atoms with Gasteiger partial charge in [0.2, 0.25) is 0 Å². The Kier molecular flexibility index (Phi) is 26.5. The monoisotopic (exact) mass is 1470 g/mol. The number of fused-ring (bicyclic) bond motifs is 6. The molecule has 538 valence electrons. The third kappa shape index (κ3) is 15.6. The van der Waals surface area contributed by atoms with Crippen LogP contribution in [0.3, 0.4) is 0 Å². The van der Waals surface area contributed by atoms with Crippen molar-refractivity contribution in [2.24, 2.45) is 29.6 Å². The number of hydrogen-bond acceptors (Lipinski definition) is 10. The molecule has 1 aliphatic heterocycles. The number of unbranched alkanes of at least 4 members (excludes halogenated alkanes) is 5. The van der Waals surface area contributed by atoms with Crippen LogP contribution in [0.2, 0.25) is 0 Å². The van der Waals surface area contributed by atoms with Crippen LogP contribution in [0.25, 0.3) is 82.0 Å². The van der Waals surface area contributed by atoms with Crippen LogP contribution in [0.15, 0.2) is 36.4 Å². The molecule has 7 heterocycles. The van der Waals surface area contributed by atoms with Crippen LogP contribution in [0, 0.1) is 66.7 Å². The SMILES string of the molecule is CCCCC(CC)CCc1c(F)c(F)c(N2C(=O)c3c(C)sc(-c4cc5c(CCC(CC)CCCC)c6sc(-c7ccc(-c8cc9c(CCC(CC)CCCC)c%10sc(C)cc%10c(CCC(CC)CCCC)c9s8)c8nsnc78)cc6c(CCC(CC)CCCC)c5s4)c3C2=O)c(F)c1F. The molecule has 0 radical (unpaired) electrons. The molecule has 5 unspecified atom stereocenters. The minimum Gasteiger partial charge on any atom is -0.268 e. The summed E-state index contributed by atoms with van der Waals surface area (Å²) in [6.45, 7) is 26.6. The van der Waals surface area contributed by atoms with Gasteiger partial charge in [-0.25, -0.2) is 22.5 Å².